The number of anilines is 1. The molecule has 0 saturated heterocycles. The molecule has 0 spiro atoms. The summed E-state index contributed by atoms with van der Waals surface area (Å²) in [6.07, 6.45) is 0. The lowest BCUT2D eigenvalue weighted by molar-refractivity contribution is -0.384. The number of methoxy groups -OCH3 is 1. The summed E-state index contributed by atoms with van der Waals surface area (Å²) in [5.74, 6) is 0.382. The van der Waals surface area contributed by atoms with Crippen molar-refractivity contribution < 1.29 is 14.8 Å². The van der Waals surface area contributed by atoms with Crippen LogP contribution in [0.3, 0.4) is 0 Å². The summed E-state index contributed by atoms with van der Waals surface area (Å²) in [4.78, 5) is 12.4. The van der Waals surface area contributed by atoms with Crippen molar-refractivity contribution in [3.8, 4) is 5.75 Å². The molecule has 0 amide bonds. The zero-order valence-corrected chi connectivity index (χ0v) is 19.6. The van der Waals surface area contributed by atoms with Crippen molar-refractivity contribution in [1.82, 2.24) is 0 Å². The molecule has 0 atom stereocenters. The number of nitro groups is 1. The predicted molar refractivity (Wildman–Crippen MR) is 131 cm³/mol. The minimum atomic E-state index is -0.549. The molecule has 0 fully saturated rings. The van der Waals surface area contributed by atoms with Gasteiger partial charge in [0.1, 0.15) is 17.1 Å². The number of non-ortho nitro benzene ring substituents is 1. The highest BCUT2D eigenvalue weighted by molar-refractivity contribution is 6.33. The van der Waals surface area contributed by atoms with Crippen molar-refractivity contribution in [1.29, 1.82) is 0 Å². The molecule has 3 rings (SSSR count). The van der Waals surface area contributed by atoms with Crippen molar-refractivity contribution in [2.45, 2.75) is 13.5 Å². The maximum absolute atomic E-state index is 10.9. The van der Waals surface area contributed by atoms with E-state index in [1.54, 1.807) is 12.1 Å². The topological polar surface area (TPSA) is 125 Å². The van der Waals surface area contributed by atoms with Crippen LogP contribution in [0.1, 0.15) is 12.5 Å². The van der Waals surface area contributed by atoms with Gasteiger partial charge in [0.25, 0.3) is 5.69 Å². The predicted octanol–water partition coefficient (Wildman–Crippen LogP) is 7.04. The van der Waals surface area contributed by atoms with Crippen LogP contribution in [0, 0.1) is 10.1 Å². The molecule has 0 saturated carbocycles. The number of hydrogen-bond acceptors (Lipinski definition) is 9. The van der Waals surface area contributed by atoms with Crippen LogP contribution >= 0.6 is 11.6 Å². The first-order chi connectivity index (χ1) is 16.4. The number of halogens is 1. The summed E-state index contributed by atoms with van der Waals surface area (Å²) in [6, 6.07) is 14.7. The van der Waals surface area contributed by atoms with E-state index in [2.05, 4.69) is 32.3 Å². The molecule has 0 aliphatic rings. The Balaban J connectivity index is 1.87. The highest BCUT2D eigenvalue weighted by Crippen LogP contribution is 2.38. The van der Waals surface area contributed by atoms with Crippen LogP contribution in [0.15, 0.2) is 75.1 Å². The fourth-order valence-corrected chi connectivity index (χ4v) is 3.14. The molecular formula is C23H23ClN6O4. The number of azo groups is 2. The number of nitrogens with zero attached hydrogens (tertiary/aromatic N) is 6. The van der Waals surface area contributed by atoms with E-state index in [1.165, 1.54) is 25.3 Å². The Hall–Kier alpha value is -3.89. The molecule has 10 nitrogen and oxygen atoms in total. The lowest BCUT2D eigenvalue weighted by atomic mass is 10.1. The van der Waals surface area contributed by atoms with Gasteiger partial charge in [0.05, 0.1) is 35.0 Å². The van der Waals surface area contributed by atoms with Gasteiger partial charge in [-0.3, -0.25) is 10.1 Å². The first-order valence-electron chi connectivity index (χ1n) is 10.3. The summed E-state index contributed by atoms with van der Waals surface area (Å²) in [5, 5.41) is 37.5. The number of rotatable bonds is 9. The van der Waals surface area contributed by atoms with Gasteiger partial charge in [-0.1, -0.05) is 11.6 Å². The molecule has 0 aromatic heterocycles. The summed E-state index contributed by atoms with van der Waals surface area (Å²) in [6.45, 7) is 2.64. The van der Waals surface area contributed by atoms with E-state index >= 15 is 0 Å². The van der Waals surface area contributed by atoms with Gasteiger partial charge in [-0.05, 0) is 43.3 Å². The third-order valence-corrected chi connectivity index (χ3v) is 5.30. The normalized spacial score (nSPS) is 11.3. The molecule has 34 heavy (non-hydrogen) atoms. The van der Waals surface area contributed by atoms with E-state index < -0.39 is 4.92 Å². The van der Waals surface area contributed by atoms with E-state index in [-0.39, 0.29) is 23.0 Å². The summed E-state index contributed by atoms with van der Waals surface area (Å²) < 4.78 is 5.41. The first kappa shape index (κ1) is 24.7. The van der Waals surface area contributed by atoms with Crippen LogP contribution in [0.4, 0.5) is 34.1 Å². The van der Waals surface area contributed by atoms with Gasteiger partial charge in [-0.25, -0.2) is 0 Å². The van der Waals surface area contributed by atoms with E-state index in [0.717, 1.165) is 12.2 Å². The molecule has 0 aliphatic heterocycles. The molecule has 0 aliphatic carbocycles. The minimum absolute atomic E-state index is 0.0806. The SMILES string of the molecule is CCN(C)c1ccc(N=Nc2cc(CO)c(N=Nc3ccc([N+](=O)[O-])cc3Cl)cc2OC)cc1. The number of benzene rings is 3. The second-order valence-corrected chi connectivity index (χ2v) is 7.54. The second kappa shape index (κ2) is 11.3. The zero-order valence-electron chi connectivity index (χ0n) is 18.8. The molecule has 11 heteroatoms. The van der Waals surface area contributed by atoms with Gasteiger partial charge in [0.15, 0.2) is 0 Å². The van der Waals surface area contributed by atoms with Crippen LogP contribution in [0.5, 0.6) is 5.75 Å². The van der Waals surface area contributed by atoms with E-state index in [0.29, 0.717) is 28.4 Å². The van der Waals surface area contributed by atoms with Gasteiger partial charge < -0.3 is 14.7 Å². The molecule has 0 bridgehead atoms. The molecule has 3 aromatic rings. The molecule has 0 heterocycles. The Kier molecular flexibility index (Phi) is 8.23. The highest BCUT2D eigenvalue weighted by Gasteiger charge is 2.12. The summed E-state index contributed by atoms with van der Waals surface area (Å²) in [7, 11) is 3.49. The lowest BCUT2D eigenvalue weighted by Crippen LogP contribution is -2.15. The molecule has 0 radical (unpaired) electrons. The third kappa shape index (κ3) is 5.91. The van der Waals surface area contributed by atoms with Gasteiger partial charge in [0, 0.05) is 43.0 Å². The number of aliphatic hydroxyl groups excluding tert-OH is 1. The van der Waals surface area contributed by atoms with Crippen LogP contribution < -0.4 is 9.64 Å². The Morgan fingerprint density at radius 1 is 1.00 bits per heavy atom. The Bertz CT molecular complexity index is 1230. The fourth-order valence-electron chi connectivity index (χ4n) is 2.93. The van der Waals surface area contributed by atoms with Crippen molar-refractivity contribution in [3.05, 3.63) is 75.3 Å². The summed E-state index contributed by atoms with van der Waals surface area (Å²) >= 11 is 6.07. The number of ether oxygens (including phenoxy) is 1. The number of hydrogen-bond donors (Lipinski definition) is 1. The molecule has 1 N–H and O–H groups in total. The first-order valence-corrected chi connectivity index (χ1v) is 10.6. The van der Waals surface area contributed by atoms with Gasteiger partial charge in [-0.15, -0.1) is 15.3 Å². The van der Waals surface area contributed by atoms with Gasteiger partial charge in [0.2, 0.25) is 0 Å². The van der Waals surface area contributed by atoms with Crippen LogP contribution in [-0.4, -0.2) is 30.7 Å². The molecule has 176 valence electrons. The molecular weight excluding hydrogens is 460 g/mol. The highest BCUT2D eigenvalue weighted by atomic mass is 35.5. The van der Waals surface area contributed by atoms with Crippen molar-refractivity contribution in [3.63, 3.8) is 0 Å². The van der Waals surface area contributed by atoms with E-state index in [4.69, 9.17) is 16.3 Å². The van der Waals surface area contributed by atoms with Crippen molar-refractivity contribution in [2.75, 3.05) is 25.6 Å². The monoisotopic (exact) mass is 482 g/mol. The van der Waals surface area contributed by atoms with Crippen LogP contribution in [0.2, 0.25) is 5.02 Å². The van der Waals surface area contributed by atoms with Crippen molar-refractivity contribution >= 4 is 45.7 Å². The number of aliphatic hydroxyl groups is 1. The molecule has 0 unspecified atom stereocenters. The van der Waals surface area contributed by atoms with Crippen molar-refractivity contribution in [2.24, 2.45) is 20.5 Å². The van der Waals surface area contributed by atoms with Gasteiger partial charge >= 0.3 is 0 Å². The smallest absolute Gasteiger partial charge is 0.271 e. The minimum Gasteiger partial charge on any atom is -0.494 e. The largest absolute Gasteiger partial charge is 0.494 e. The Labute approximate surface area is 201 Å². The van der Waals surface area contributed by atoms with Crippen LogP contribution in [0.25, 0.3) is 0 Å². The average molecular weight is 483 g/mol. The van der Waals surface area contributed by atoms with E-state index in [9.17, 15) is 15.2 Å². The number of nitro benzene ring substituents is 1. The maximum atomic E-state index is 10.9. The second-order valence-electron chi connectivity index (χ2n) is 7.13. The van der Waals surface area contributed by atoms with Gasteiger partial charge in [-0.2, -0.15) is 5.11 Å². The fraction of sp³-hybridized carbons (Fsp3) is 0.217. The Morgan fingerprint density at radius 2 is 1.68 bits per heavy atom. The lowest BCUT2D eigenvalue weighted by Gasteiger charge is -2.16. The maximum Gasteiger partial charge on any atom is 0.271 e. The standard InChI is InChI=1S/C23H23ClN6O4/c1-4-29(2)17-7-5-16(6-8-17)25-28-22-11-15(14-31)21(13-23(22)34-3)27-26-20-10-9-18(30(32)33)12-19(20)24/h5-13,31H,4,14H2,1-3H3. The third-order valence-electron chi connectivity index (χ3n) is 5.00. The zero-order chi connectivity index (χ0) is 24.7. The Morgan fingerprint density at radius 3 is 2.26 bits per heavy atom. The quantitative estimate of drug-likeness (QED) is 0.199. The molecule has 3 aromatic carbocycles. The summed E-state index contributed by atoms with van der Waals surface area (Å²) in [5.41, 5.74) is 3.02. The average Bonchev–Trinajstić information content (AvgIpc) is 2.86. The van der Waals surface area contributed by atoms with Crippen LogP contribution in [-0.2, 0) is 6.61 Å². The van der Waals surface area contributed by atoms with E-state index in [1.807, 2.05) is 31.3 Å².